The monoisotopic (exact) mass is 489 g/mol. The molecule has 198 valence electrons. The highest BCUT2D eigenvalue weighted by Crippen LogP contribution is 2.48. The van der Waals surface area contributed by atoms with E-state index < -0.39 is 6.17 Å². The van der Waals surface area contributed by atoms with Gasteiger partial charge < -0.3 is 19.5 Å². The standard InChI is InChI=1S/C15H27FN2O.C7H13N.C6H6.CH2O/c1-12(17(2)14-10-13(16)11-14)6-5-7-15(19)18-8-3-4-9-18;1-8-6-2-3-7(8)4-5-7;1-2-4-6-5-3-1;1-2/h12-14H,3-11H2,1-2H3;2-6H2,1H3;1-6H;1H2. The van der Waals surface area contributed by atoms with Crippen LogP contribution in [0.25, 0.3) is 0 Å². The summed E-state index contributed by atoms with van der Waals surface area (Å²) < 4.78 is 12.8. The van der Waals surface area contributed by atoms with Gasteiger partial charge in [-0.3, -0.25) is 4.79 Å². The highest BCUT2D eigenvalue weighted by atomic mass is 19.1. The minimum absolute atomic E-state index is 0.319. The van der Waals surface area contributed by atoms with Crippen molar-refractivity contribution in [2.45, 2.75) is 101 Å². The third kappa shape index (κ3) is 9.64. The van der Waals surface area contributed by atoms with E-state index in [0.717, 1.165) is 44.3 Å². The average Bonchev–Trinajstić information content (AvgIpc) is 3.28. The third-order valence-corrected chi connectivity index (χ3v) is 8.24. The molecule has 6 heteroatoms. The molecule has 2 aliphatic carbocycles. The Kier molecular flexibility index (Phi) is 12.9. The molecule has 1 atom stereocenters. The van der Waals surface area contributed by atoms with Crippen molar-refractivity contribution in [1.82, 2.24) is 14.7 Å². The van der Waals surface area contributed by atoms with Gasteiger partial charge in [-0.05, 0) is 91.8 Å². The summed E-state index contributed by atoms with van der Waals surface area (Å²) in [5, 5.41) is 0. The van der Waals surface area contributed by atoms with E-state index in [4.69, 9.17) is 4.79 Å². The number of nitrogens with zero attached hydrogens (tertiary/aromatic N) is 3. The van der Waals surface area contributed by atoms with Gasteiger partial charge >= 0.3 is 0 Å². The van der Waals surface area contributed by atoms with Crippen molar-refractivity contribution in [3.8, 4) is 0 Å². The molecular formula is C29H48FN3O2. The minimum atomic E-state index is -0.587. The number of benzene rings is 1. The summed E-state index contributed by atoms with van der Waals surface area (Å²) in [5.41, 5.74) is 0.736. The fourth-order valence-electron chi connectivity index (χ4n) is 5.33. The van der Waals surface area contributed by atoms with E-state index in [2.05, 4.69) is 30.8 Å². The van der Waals surface area contributed by atoms with Crippen LogP contribution in [0.4, 0.5) is 4.39 Å². The summed E-state index contributed by atoms with van der Waals surface area (Å²) in [5.74, 6) is 0.319. The third-order valence-electron chi connectivity index (χ3n) is 8.24. The van der Waals surface area contributed by atoms with Crippen LogP contribution in [-0.2, 0) is 9.59 Å². The van der Waals surface area contributed by atoms with Crippen molar-refractivity contribution in [2.24, 2.45) is 0 Å². The lowest BCUT2D eigenvalue weighted by atomic mass is 9.88. The molecule has 0 aromatic heterocycles. The Balaban J connectivity index is 0.000000218. The molecule has 1 spiro atoms. The number of rotatable bonds is 6. The summed E-state index contributed by atoms with van der Waals surface area (Å²) in [6.07, 6.45) is 11.6. The second kappa shape index (κ2) is 15.4. The molecule has 0 radical (unpaired) electrons. The Bertz CT molecular complexity index is 676. The maximum Gasteiger partial charge on any atom is 0.222 e. The average molecular weight is 490 g/mol. The van der Waals surface area contributed by atoms with Gasteiger partial charge in [0.15, 0.2) is 0 Å². The van der Waals surface area contributed by atoms with Crippen molar-refractivity contribution in [1.29, 1.82) is 0 Å². The van der Waals surface area contributed by atoms with Crippen LogP contribution in [0.5, 0.6) is 0 Å². The zero-order valence-corrected chi connectivity index (χ0v) is 22.3. The highest BCUT2D eigenvalue weighted by molar-refractivity contribution is 5.76. The van der Waals surface area contributed by atoms with E-state index in [-0.39, 0.29) is 0 Å². The van der Waals surface area contributed by atoms with Gasteiger partial charge in [-0.1, -0.05) is 36.4 Å². The molecule has 4 fully saturated rings. The second-order valence-corrected chi connectivity index (χ2v) is 10.6. The Morgan fingerprint density at radius 3 is 1.94 bits per heavy atom. The van der Waals surface area contributed by atoms with E-state index in [1.165, 1.54) is 32.2 Å². The molecule has 2 saturated carbocycles. The molecule has 1 aromatic carbocycles. The number of halogens is 1. The highest BCUT2D eigenvalue weighted by Gasteiger charge is 2.48. The van der Waals surface area contributed by atoms with Crippen LogP contribution in [0, 0.1) is 0 Å². The number of carbonyl (C=O) groups excluding carboxylic acids is 2. The molecule has 1 amide bonds. The van der Waals surface area contributed by atoms with Gasteiger partial charge in [0.2, 0.25) is 5.91 Å². The Labute approximate surface area is 213 Å². The van der Waals surface area contributed by atoms with Crippen molar-refractivity contribution in [3.63, 3.8) is 0 Å². The predicted octanol–water partition coefficient (Wildman–Crippen LogP) is 5.35. The topological polar surface area (TPSA) is 43.9 Å². The van der Waals surface area contributed by atoms with Crippen molar-refractivity contribution < 1.29 is 14.0 Å². The first-order chi connectivity index (χ1) is 16.9. The van der Waals surface area contributed by atoms with Crippen molar-refractivity contribution in [2.75, 3.05) is 33.7 Å². The molecule has 5 rings (SSSR count). The summed E-state index contributed by atoms with van der Waals surface area (Å²) in [4.78, 5) is 26.7. The van der Waals surface area contributed by atoms with Crippen LogP contribution in [0.15, 0.2) is 36.4 Å². The molecule has 35 heavy (non-hydrogen) atoms. The number of amides is 1. The zero-order chi connectivity index (χ0) is 25.7. The Hall–Kier alpha value is -1.79. The molecule has 1 unspecified atom stereocenters. The predicted molar refractivity (Wildman–Crippen MR) is 142 cm³/mol. The first-order valence-corrected chi connectivity index (χ1v) is 13.6. The summed E-state index contributed by atoms with van der Waals surface area (Å²) >= 11 is 0. The largest absolute Gasteiger partial charge is 0.343 e. The van der Waals surface area contributed by atoms with Gasteiger partial charge in [0.1, 0.15) is 13.0 Å². The molecule has 0 bridgehead atoms. The number of likely N-dealkylation sites (tertiary alicyclic amines) is 2. The Morgan fingerprint density at radius 1 is 1.00 bits per heavy atom. The SMILES string of the molecule is C=O.CC(CCCC(=O)N1CCCC1)N(C)C1CC(F)C1.CN1CCCC12CC2.c1ccccc1. The number of hydrogen-bond donors (Lipinski definition) is 0. The van der Waals surface area contributed by atoms with Gasteiger partial charge in [0, 0.05) is 37.1 Å². The zero-order valence-electron chi connectivity index (χ0n) is 22.3. The molecular weight excluding hydrogens is 441 g/mol. The van der Waals surface area contributed by atoms with Crippen LogP contribution < -0.4 is 0 Å². The number of hydrogen-bond acceptors (Lipinski definition) is 4. The number of alkyl halides is 1. The first kappa shape index (κ1) is 29.4. The van der Waals surface area contributed by atoms with Gasteiger partial charge in [-0.2, -0.15) is 0 Å². The first-order valence-electron chi connectivity index (χ1n) is 13.6. The summed E-state index contributed by atoms with van der Waals surface area (Å²) in [6, 6.07) is 12.9. The summed E-state index contributed by atoms with van der Waals surface area (Å²) in [7, 11) is 4.35. The molecule has 5 nitrogen and oxygen atoms in total. The maximum atomic E-state index is 12.8. The van der Waals surface area contributed by atoms with Crippen LogP contribution in [0.3, 0.4) is 0 Å². The van der Waals surface area contributed by atoms with Crippen molar-refractivity contribution in [3.05, 3.63) is 36.4 Å². The fourth-order valence-corrected chi connectivity index (χ4v) is 5.33. The second-order valence-electron chi connectivity index (χ2n) is 10.6. The van der Waals surface area contributed by atoms with Gasteiger partial charge in [-0.15, -0.1) is 0 Å². The van der Waals surface area contributed by atoms with Gasteiger partial charge in [0.25, 0.3) is 0 Å². The lowest BCUT2D eigenvalue weighted by Crippen LogP contribution is -2.47. The lowest BCUT2D eigenvalue weighted by molar-refractivity contribution is -0.130. The van der Waals surface area contributed by atoms with E-state index in [9.17, 15) is 9.18 Å². The van der Waals surface area contributed by atoms with Crippen LogP contribution in [0.1, 0.15) is 77.6 Å². The molecule has 1 aromatic rings. The van der Waals surface area contributed by atoms with Gasteiger partial charge in [-0.25, -0.2) is 4.39 Å². The van der Waals surface area contributed by atoms with Gasteiger partial charge in [0.05, 0.1) is 0 Å². The van der Waals surface area contributed by atoms with E-state index in [1.54, 1.807) is 0 Å². The summed E-state index contributed by atoms with van der Waals surface area (Å²) in [6.45, 7) is 7.44. The fraction of sp³-hybridized carbons (Fsp3) is 0.724. The van der Waals surface area contributed by atoms with E-state index in [1.807, 2.05) is 48.1 Å². The quantitative estimate of drug-likeness (QED) is 0.541. The molecule has 0 N–H and O–H groups in total. The molecule has 2 heterocycles. The lowest BCUT2D eigenvalue weighted by Gasteiger charge is -2.40. The maximum absolute atomic E-state index is 12.8. The molecule has 2 saturated heterocycles. The number of carbonyl (C=O) groups is 2. The van der Waals surface area contributed by atoms with E-state index >= 15 is 0 Å². The molecule has 4 aliphatic rings. The van der Waals surface area contributed by atoms with Crippen LogP contribution in [-0.4, -0.2) is 84.9 Å². The normalized spacial score (nSPS) is 24.8. The Morgan fingerprint density at radius 2 is 1.54 bits per heavy atom. The smallest absolute Gasteiger partial charge is 0.222 e. The van der Waals surface area contributed by atoms with E-state index in [0.29, 0.717) is 37.3 Å². The minimum Gasteiger partial charge on any atom is -0.343 e. The van der Waals surface area contributed by atoms with Crippen LogP contribution in [0.2, 0.25) is 0 Å². The van der Waals surface area contributed by atoms with Crippen molar-refractivity contribution >= 4 is 12.7 Å². The van der Waals surface area contributed by atoms with Crippen LogP contribution >= 0.6 is 0 Å². The molecule has 2 aliphatic heterocycles.